The molecule has 2 aliphatic rings. The molecule has 0 saturated carbocycles. The second-order valence-electron chi connectivity index (χ2n) is 8.44. The van der Waals surface area contributed by atoms with E-state index in [9.17, 15) is 0 Å². The third-order valence-corrected chi connectivity index (χ3v) is 6.30. The summed E-state index contributed by atoms with van der Waals surface area (Å²) in [4.78, 5) is 4.33. The van der Waals surface area contributed by atoms with Crippen LogP contribution in [0, 0.1) is 32.9 Å². The molecule has 6 rings (SSSR count). The van der Waals surface area contributed by atoms with E-state index < -0.39 is 0 Å². The van der Waals surface area contributed by atoms with Crippen molar-refractivity contribution in [1.29, 1.82) is 0 Å². The van der Waals surface area contributed by atoms with Gasteiger partial charge < -0.3 is 4.74 Å². The molecule has 4 heteroatoms. The fraction of sp³-hybridized carbons (Fsp3) is 0.148. The summed E-state index contributed by atoms with van der Waals surface area (Å²) < 4.78 is 6.39. The van der Waals surface area contributed by atoms with Gasteiger partial charge in [-0.3, -0.25) is 16.1 Å². The maximum Gasteiger partial charge on any atom is 1.00 e. The first-order valence-electron chi connectivity index (χ1n) is 10.4. The smallest absolute Gasteiger partial charge is 0.503 e. The van der Waals surface area contributed by atoms with Crippen molar-refractivity contribution in [2.45, 2.75) is 27.2 Å². The minimum Gasteiger partial charge on any atom is -0.503 e. The van der Waals surface area contributed by atoms with Crippen molar-refractivity contribution in [2.75, 3.05) is 0 Å². The van der Waals surface area contributed by atoms with Gasteiger partial charge in [0.2, 0.25) is 6.71 Å². The van der Waals surface area contributed by atoms with Crippen LogP contribution >= 0.6 is 0 Å². The van der Waals surface area contributed by atoms with Crippen molar-refractivity contribution in [3.8, 4) is 22.6 Å². The fourth-order valence-electron chi connectivity index (χ4n) is 4.97. The van der Waals surface area contributed by atoms with Gasteiger partial charge in [-0.1, -0.05) is 52.5 Å². The fourth-order valence-corrected chi connectivity index (χ4v) is 4.97. The van der Waals surface area contributed by atoms with E-state index in [1.807, 2.05) is 25.3 Å². The monoisotopic (exact) mass is 392 g/mol. The number of aromatic nitrogens is 1. The molecule has 2 nitrogen and oxygen atoms in total. The van der Waals surface area contributed by atoms with Crippen LogP contribution in [0.2, 0.25) is 0 Å². The molecule has 0 amide bonds. The summed E-state index contributed by atoms with van der Waals surface area (Å²) in [5.41, 5.74) is 12.2. The number of benzene rings is 3. The first-order valence-corrected chi connectivity index (χ1v) is 10.4. The molecule has 0 unspecified atom stereocenters. The van der Waals surface area contributed by atoms with E-state index in [1.165, 1.54) is 38.6 Å². The van der Waals surface area contributed by atoms with Gasteiger partial charge in [0.05, 0.1) is 0 Å². The van der Waals surface area contributed by atoms with Crippen LogP contribution in [0.3, 0.4) is 0 Å². The number of aryl methyl sites for hydroxylation is 3. The molecule has 31 heavy (non-hydrogen) atoms. The van der Waals surface area contributed by atoms with Crippen LogP contribution in [0.1, 0.15) is 27.9 Å². The number of nitrogens with zero attached hydrogens (tertiary/aromatic N) is 1. The summed E-state index contributed by atoms with van der Waals surface area (Å²) in [6.07, 6.45) is 2.73. The molecular weight excluding hydrogens is 372 g/mol. The van der Waals surface area contributed by atoms with E-state index in [-0.39, 0.29) is 25.6 Å². The average Bonchev–Trinajstić information content (AvgIpc) is 2.74. The van der Waals surface area contributed by atoms with Crippen LogP contribution in [-0.4, -0.2) is 11.7 Å². The standard InChI is InChI=1S/C27H20BNO.Li/c1-16-4-6-20-15-22-21(19-10-11-29-18(3)14-19)7-9-26-27(22)28(23(20)12-16)24-13-17(2)5-8-25(24)30-26;/h4-6,8-13H,15H2,1-3H3;/q-2;+1. The van der Waals surface area contributed by atoms with Gasteiger partial charge >= 0.3 is 18.9 Å². The number of ether oxygens (including phenoxy) is 1. The predicted octanol–water partition coefficient (Wildman–Crippen LogP) is 0.804. The number of hydrogen-bond acceptors (Lipinski definition) is 2. The van der Waals surface area contributed by atoms with Gasteiger partial charge in [0.15, 0.2) is 0 Å². The maximum atomic E-state index is 6.39. The minimum absolute atomic E-state index is 0. The van der Waals surface area contributed by atoms with Crippen molar-refractivity contribution >= 4 is 23.1 Å². The Kier molecular flexibility index (Phi) is 4.85. The van der Waals surface area contributed by atoms with Gasteiger partial charge in [-0.2, -0.15) is 11.6 Å². The Bertz CT molecular complexity index is 1330. The van der Waals surface area contributed by atoms with Gasteiger partial charge in [-0.15, -0.1) is 11.5 Å². The Labute approximate surface area is 196 Å². The zero-order chi connectivity index (χ0) is 20.4. The predicted molar refractivity (Wildman–Crippen MR) is 122 cm³/mol. The molecule has 4 aromatic rings. The van der Waals surface area contributed by atoms with Crippen LogP contribution in [0.4, 0.5) is 0 Å². The molecule has 0 aliphatic carbocycles. The Hall–Kier alpha value is -2.73. The Morgan fingerprint density at radius 2 is 1.71 bits per heavy atom. The summed E-state index contributed by atoms with van der Waals surface area (Å²) in [5, 5.41) is 0. The first-order chi connectivity index (χ1) is 14.6. The number of fused-ring (bicyclic) bond motifs is 4. The topological polar surface area (TPSA) is 22.1 Å². The molecule has 144 valence electrons. The molecular formula is C27H20BLiNO-. The van der Waals surface area contributed by atoms with E-state index in [1.54, 1.807) is 0 Å². The van der Waals surface area contributed by atoms with Gasteiger partial charge in [0, 0.05) is 5.75 Å². The summed E-state index contributed by atoms with van der Waals surface area (Å²) in [7, 11) is 0. The zero-order valence-electron chi connectivity index (χ0n) is 18.3. The maximum absolute atomic E-state index is 6.39. The van der Waals surface area contributed by atoms with Crippen LogP contribution in [0.25, 0.3) is 11.1 Å². The van der Waals surface area contributed by atoms with Crippen molar-refractivity contribution in [2.24, 2.45) is 0 Å². The summed E-state index contributed by atoms with van der Waals surface area (Å²) in [5.74, 6) is 1.87. The first kappa shape index (κ1) is 20.2. The van der Waals surface area contributed by atoms with Crippen molar-refractivity contribution in [3.63, 3.8) is 0 Å². The van der Waals surface area contributed by atoms with Crippen LogP contribution < -0.4 is 40.0 Å². The summed E-state index contributed by atoms with van der Waals surface area (Å²) in [6, 6.07) is 24.3. The van der Waals surface area contributed by atoms with Crippen LogP contribution in [0.15, 0.2) is 54.7 Å². The number of rotatable bonds is 1. The second kappa shape index (κ2) is 7.45. The molecule has 0 radical (unpaired) electrons. The Morgan fingerprint density at radius 1 is 0.935 bits per heavy atom. The Morgan fingerprint density at radius 3 is 2.52 bits per heavy atom. The summed E-state index contributed by atoms with van der Waals surface area (Å²) >= 11 is 0. The molecule has 0 bridgehead atoms. The van der Waals surface area contributed by atoms with Crippen LogP contribution in [0.5, 0.6) is 11.5 Å². The zero-order valence-corrected chi connectivity index (χ0v) is 18.3. The molecule has 3 aromatic carbocycles. The third-order valence-electron chi connectivity index (χ3n) is 6.30. The van der Waals surface area contributed by atoms with Gasteiger partial charge in [-0.05, 0) is 50.6 Å². The molecule has 2 aliphatic heterocycles. The number of pyridine rings is 1. The largest absolute Gasteiger partial charge is 1.00 e. The van der Waals surface area contributed by atoms with Crippen molar-refractivity contribution in [1.82, 2.24) is 4.98 Å². The van der Waals surface area contributed by atoms with Gasteiger partial charge in [-0.25, -0.2) is 12.1 Å². The number of hydrogen-bond donors (Lipinski definition) is 0. The SMILES string of the molecule is Cc1ccc2c(c1)B1c3cc(C)ccc3Oc3c[c-]c(-c4[c-]c(C)ncc4)c(c31)C2.[Li+]. The normalized spacial score (nSPS) is 12.8. The minimum atomic E-state index is 0. The molecule has 3 heterocycles. The average molecular weight is 392 g/mol. The van der Waals surface area contributed by atoms with E-state index in [2.05, 4.69) is 67.4 Å². The quantitative estimate of drug-likeness (QED) is 0.305. The van der Waals surface area contributed by atoms with Gasteiger partial charge in [0.25, 0.3) is 0 Å². The van der Waals surface area contributed by atoms with Crippen molar-refractivity contribution < 1.29 is 23.6 Å². The Balaban J connectivity index is 0.00000204. The van der Waals surface area contributed by atoms with E-state index in [0.717, 1.165) is 34.7 Å². The van der Waals surface area contributed by atoms with Crippen LogP contribution in [-0.2, 0) is 6.42 Å². The van der Waals surface area contributed by atoms with Crippen molar-refractivity contribution in [3.05, 3.63) is 94.8 Å². The molecule has 0 spiro atoms. The third kappa shape index (κ3) is 3.16. The molecule has 0 atom stereocenters. The molecule has 0 fully saturated rings. The molecule has 0 saturated heterocycles. The van der Waals surface area contributed by atoms with E-state index >= 15 is 0 Å². The van der Waals surface area contributed by atoms with E-state index in [4.69, 9.17) is 4.74 Å². The molecule has 1 aromatic heterocycles. The van der Waals surface area contributed by atoms with E-state index in [0.29, 0.717) is 0 Å². The molecule has 0 N–H and O–H groups in total. The summed E-state index contributed by atoms with van der Waals surface area (Å²) in [6.45, 7) is 6.48. The second-order valence-corrected chi connectivity index (χ2v) is 8.44. The van der Waals surface area contributed by atoms with Gasteiger partial charge in [0.1, 0.15) is 5.75 Å².